The van der Waals surface area contributed by atoms with Crippen LogP contribution in [0.4, 0.5) is 4.39 Å². The summed E-state index contributed by atoms with van der Waals surface area (Å²) in [5.74, 6) is -0.523. The molecule has 0 unspecified atom stereocenters. The molecule has 2 heterocycles. The molecule has 0 saturated heterocycles. The third-order valence-electron chi connectivity index (χ3n) is 4.83. The molecule has 1 amide bonds. The van der Waals surface area contributed by atoms with E-state index < -0.39 is 0 Å². The lowest BCUT2D eigenvalue weighted by atomic mass is 10.1. The molecule has 0 saturated carbocycles. The number of ether oxygens (including phenoxy) is 1. The Morgan fingerprint density at radius 1 is 1.18 bits per heavy atom. The number of aromatic nitrogens is 3. The number of fused-ring (bicyclic) bond motifs is 1. The van der Waals surface area contributed by atoms with Gasteiger partial charge in [0, 0.05) is 6.54 Å². The summed E-state index contributed by atoms with van der Waals surface area (Å²) in [6, 6.07) is 16.4. The van der Waals surface area contributed by atoms with Crippen LogP contribution in [0.15, 0.2) is 54.6 Å². The quantitative estimate of drug-likeness (QED) is 0.668. The Morgan fingerprint density at radius 3 is 2.75 bits per heavy atom. The standard InChI is InChI=1S/C21H21FN4O2/c22-17-10-8-16(9-11-17)19-13-26-18(14-28-19)20(24-25-26)21(27)23-12-4-7-15-5-2-1-3-6-15/h1-3,5-6,8-11,19H,4,7,12-14H2,(H,23,27)/t19-/m1/s1. The predicted octanol–water partition coefficient (Wildman–Crippen LogP) is 3.05. The molecule has 144 valence electrons. The van der Waals surface area contributed by atoms with E-state index in [-0.39, 0.29) is 24.4 Å². The Labute approximate surface area is 162 Å². The second kappa shape index (κ2) is 8.31. The molecule has 1 atom stereocenters. The molecule has 0 fully saturated rings. The molecule has 0 spiro atoms. The minimum atomic E-state index is -0.285. The summed E-state index contributed by atoms with van der Waals surface area (Å²) in [5, 5.41) is 11.0. The second-order valence-corrected chi connectivity index (χ2v) is 6.76. The summed E-state index contributed by atoms with van der Waals surface area (Å²) in [6.45, 7) is 1.25. The van der Waals surface area contributed by atoms with Crippen LogP contribution in [0.5, 0.6) is 0 Å². The van der Waals surface area contributed by atoms with Crippen LogP contribution in [0.1, 0.15) is 39.8 Å². The van der Waals surface area contributed by atoms with E-state index in [1.807, 2.05) is 18.2 Å². The van der Waals surface area contributed by atoms with Gasteiger partial charge in [-0.2, -0.15) is 0 Å². The van der Waals surface area contributed by atoms with Crippen molar-refractivity contribution in [2.24, 2.45) is 0 Å². The van der Waals surface area contributed by atoms with Crippen molar-refractivity contribution < 1.29 is 13.9 Å². The van der Waals surface area contributed by atoms with Gasteiger partial charge in [-0.1, -0.05) is 47.7 Å². The molecule has 3 aromatic rings. The summed E-state index contributed by atoms with van der Waals surface area (Å²) in [4.78, 5) is 12.5. The largest absolute Gasteiger partial charge is 0.365 e. The molecular weight excluding hydrogens is 359 g/mol. The van der Waals surface area contributed by atoms with Crippen molar-refractivity contribution in [3.8, 4) is 0 Å². The highest BCUT2D eigenvalue weighted by molar-refractivity contribution is 5.93. The van der Waals surface area contributed by atoms with E-state index in [1.165, 1.54) is 17.7 Å². The molecule has 0 radical (unpaired) electrons. The Balaban J connectivity index is 1.33. The Kier molecular flexibility index (Phi) is 5.43. The average Bonchev–Trinajstić information content (AvgIpc) is 3.16. The van der Waals surface area contributed by atoms with Crippen LogP contribution in [-0.2, 0) is 24.3 Å². The van der Waals surface area contributed by atoms with Crippen molar-refractivity contribution >= 4 is 5.91 Å². The number of aryl methyl sites for hydroxylation is 1. The van der Waals surface area contributed by atoms with Crippen LogP contribution in [0.25, 0.3) is 0 Å². The first-order valence-electron chi connectivity index (χ1n) is 9.32. The number of carbonyl (C=O) groups is 1. The van der Waals surface area contributed by atoms with E-state index in [4.69, 9.17) is 4.74 Å². The zero-order valence-electron chi connectivity index (χ0n) is 15.3. The molecule has 1 aliphatic rings. The maximum absolute atomic E-state index is 13.1. The molecule has 0 aliphatic carbocycles. The number of nitrogens with one attached hydrogen (secondary N) is 1. The predicted molar refractivity (Wildman–Crippen MR) is 101 cm³/mol. The number of benzene rings is 2. The van der Waals surface area contributed by atoms with Gasteiger partial charge in [-0.05, 0) is 36.1 Å². The number of hydrogen-bond acceptors (Lipinski definition) is 4. The Hall–Kier alpha value is -3.06. The normalized spacial score (nSPS) is 15.8. The third kappa shape index (κ3) is 4.09. The van der Waals surface area contributed by atoms with Gasteiger partial charge in [0.1, 0.15) is 11.9 Å². The molecule has 0 bridgehead atoms. The number of rotatable bonds is 6. The molecule has 1 aromatic heterocycles. The van der Waals surface area contributed by atoms with E-state index in [9.17, 15) is 9.18 Å². The molecule has 6 nitrogen and oxygen atoms in total. The van der Waals surface area contributed by atoms with E-state index in [2.05, 4.69) is 27.8 Å². The van der Waals surface area contributed by atoms with Crippen LogP contribution >= 0.6 is 0 Å². The van der Waals surface area contributed by atoms with Gasteiger partial charge in [-0.25, -0.2) is 9.07 Å². The van der Waals surface area contributed by atoms with Gasteiger partial charge in [-0.3, -0.25) is 4.79 Å². The summed E-state index contributed by atoms with van der Waals surface area (Å²) in [6.07, 6.45) is 1.52. The first-order valence-corrected chi connectivity index (χ1v) is 9.32. The van der Waals surface area contributed by atoms with Gasteiger partial charge in [0.15, 0.2) is 5.69 Å². The van der Waals surface area contributed by atoms with Gasteiger partial charge >= 0.3 is 0 Å². The monoisotopic (exact) mass is 380 g/mol. The zero-order valence-corrected chi connectivity index (χ0v) is 15.3. The smallest absolute Gasteiger partial charge is 0.273 e. The maximum atomic E-state index is 13.1. The number of hydrogen-bond donors (Lipinski definition) is 1. The fourth-order valence-corrected chi connectivity index (χ4v) is 3.29. The van der Waals surface area contributed by atoms with E-state index in [0.29, 0.717) is 24.5 Å². The lowest BCUT2D eigenvalue weighted by Gasteiger charge is -2.24. The van der Waals surface area contributed by atoms with Crippen molar-refractivity contribution in [2.75, 3.05) is 6.54 Å². The topological polar surface area (TPSA) is 69.0 Å². The SMILES string of the molecule is O=C(NCCCc1ccccc1)c1nnn2c1CO[C@@H](c1ccc(F)cc1)C2. The molecule has 1 N–H and O–H groups in total. The fourth-order valence-electron chi connectivity index (χ4n) is 3.29. The summed E-state index contributed by atoms with van der Waals surface area (Å²) in [7, 11) is 0. The molecule has 7 heteroatoms. The van der Waals surface area contributed by atoms with E-state index in [1.54, 1.807) is 16.8 Å². The average molecular weight is 380 g/mol. The number of nitrogens with zero attached hydrogens (tertiary/aromatic N) is 3. The fraction of sp³-hybridized carbons (Fsp3) is 0.286. The number of carbonyl (C=O) groups excluding carboxylic acids is 1. The summed E-state index contributed by atoms with van der Waals surface area (Å²) >= 11 is 0. The maximum Gasteiger partial charge on any atom is 0.273 e. The number of amides is 1. The van der Waals surface area contributed by atoms with Gasteiger partial charge < -0.3 is 10.1 Å². The summed E-state index contributed by atoms with van der Waals surface area (Å²) in [5.41, 5.74) is 3.09. The minimum absolute atomic E-state index is 0.238. The number of halogens is 1. The molecule has 2 aromatic carbocycles. The van der Waals surface area contributed by atoms with Gasteiger partial charge in [0.05, 0.1) is 18.8 Å². The molecule has 28 heavy (non-hydrogen) atoms. The highest BCUT2D eigenvalue weighted by Crippen LogP contribution is 2.27. The van der Waals surface area contributed by atoms with Crippen LogP contribution < -0.4 is 5.32 Å². The highest BCUT2D eigenvalue weighted by atomic mass is 19.1. The lowest BCUT2D eigenvalue weighted by Crippen LogP contribution is -2.28. The van der Waals surface area contributed by atoms with Crippen LogP contribution in [-0.4, -0.2) is 27.4 Å². The first-order chi connectivity index (χ1) is 13.7. The summed E-state index contributed by atoms with van der Waals surface area (Å²) < 4.78 is 20.6. The first kappa shape index (κ1) is 18.3. The van der Waals surface area contributed by atoms with Gasteiger partial charge in [0.25, 0.3) is 5.91 Å². The van der Waals surface area contributed by atoms with Crippen molar-refractivity contribution in [3.63, 3.8) is 0 Å². The van der Waals surface area contributed by atoms with E-state index in [0.717, 1.165) is 18.4 Å². The van der Waals surface area contributed by atoms with E-state index >= 15 is 0 Å². The minimum Gasteiger partial charge on any atom is -0.365 e. The zero-order chi connectivity index (χ0) is 19.3. The highest BCUT2D eigenvalue weighted by Gasteiger charge is 2.27. The molecular formula is C21H21FN4O2. The van der Waals surface area contributed by atoms with Gasteiger partial charge in [0.2, 0.25) is 0 Å². The molecule has 1 aliphatic heterocycles. The molecule has 4 rings (SSSR count). The Bertz CT molecular complexity index is 941. The second-order valence-electron chi connectivity index (χ2n) is 6.76. The van der Waals surface area contributed by atoms with Gasteiger partial charge in [-0.15, -0.1) is 5.10 Å². The van der Waals surface area contributed by atoms with Crippen molar-refractivity contribution in [2.45, 2.75) is 32.1 Å². The Morgan fingerprint density at radius 2 is 1.96 bits per heavy atom. The van der Waals surface area contributed by atoms with Crippen molar-refractivity contribution in [3.05, 3.63) is 82.9 Å². The van der Waals surface area contributed by atoms with Crippen molar-refractivity contribution in [1.29, 1.82) is 0 Å². The van der Waals surface area contributed by atoms with Crippen LogP contribution in [0.3, 0.4) is 0 Å². The van der Waals surface area contributed by atoms with Crippen LogP contribution in [0, 0.1) is 5.82 Å². The van der Waals surface area contributed by atoms with Crippen molar-refractivity contribution in [1.82, 2.24) is 20.3 Å². The third-order valence-corrected chi connectivity index (χ3v) is 4.83. The lowest BCUT2D eigenvalue weighted by molar-refractivity contribution is -0.00180. The van der Waals surface area contributed by atoms with Crippen LogP contribution in [0.2, 0.25) is 0 Å².